The predicted octanol–water partition coefficient (Wildman–Crippen LogP) is 4.70. The van der Waals surface area contributed by atoms with E-state index in [0.717, 1.165) is 22.1 Å². The van der Waals surface area contributed by atoms with Crippen LogP contribution in [0.25, 0.3) is 11.3 Å². The minimum Gasteiger partial charge on any atom is -0.378 e. The highest BCUT2D eigenvalue weighted by Crippen LogP contribution is 2.41. The summed E-state index contributed by atoms with van der Waals surface area (Å²) in [4.78, 5) is 21.2. The van der Waals surface area contributed by atoms with E-state index in [4.69, 9.17) is 0 Å². The van der Waals surface area contributed by atoms with E-state index in [1.54, 1.807) is 4.90 Å². The third-order valence-corrected chi connectivity index (χ3v) is 6.32. The quantitative estimate of drug-likeness (QED) is 0.495. The Kier molecular flexibility index (Phi) is 6.13. The van der Waals surface area contributed by atoms with Crippen LogP contribution in [-0.4, -0.2) is 47.3 Å². The molecule has 1 amide bonds. The smallest absolute Gasteiger partial charge is 0.233 e. The molecule has 1 heterocycles. The van der Waals surface area contributed by atoms with E-state index in [0.29, 0.717) is 18.3 Å². The molecule has 0 radical (unpaired) electrons. The highest BCUT2D eigenvalue weighted by molar-refractivity contribution is 7.99. The standard InChI is InChI=1S/C24H28N4OS/c1-26(2)20-11-9-18(10-12-20)16-27(3)23(29)17-30-24-25-15-22(28(24)21-13-14-21)19-7-5-4-6-8-19/h4-12,15,21H,13-14,16-17H2,1-3H3. The lowest BCUT2D eigenvalue weighted by atomic mass is 10.2. The number of amides is 1. The van der Waals surface area contributed by atoms with Gasteiger partial charge in [0.2, 0.25) is 5.91 Å². The molecule has 0 bridgehead atoms. The lowest BCUT2D eigenvalue weighted by Crippen LogP contribution is -2.28. The third kappa shape index (κ3) is 4.70. The maximum absolute atomic E-state index is 12.7. The Morgan fingerprint density at radius 1 is 1.07 bits per heavy atom. The fourth-order valence-corrected chi connectivity index (χ4v) is 4.44. The zero-order valence-corrected chi connectivity index (χ0v) is 18.6. The van der Waals surface area contributed by atoms with Gasteiger partial charge in [-0.15, -0.1) is 0 Å². The molecule has 1 aromatic heterocycles. The van der Waals surface area contributed by atoms with Gasteiger partial charge in [-0.1, -0.05) is 54.2 Å². The Labute approximate surface area is 182 Å². The fraction of sp³-hybridized carbons (Fsp3) is 0.333. The van der Waals surface area contributed by atoms with E-state index in [1.165, 1.54) is 30.2 Å². The molecule has 30 heavy (non-hydrogen) atoms. The number of aromatic nitrogens is 2. The number of hydrogen-bond acceptors (Lipinski definition) is 4. The van der Waals surface area contributed by atoms with Gasteiger partial charge in [-0.25, -0.2) is 4.98 Å². The van der Waals surface area contributed by atoms with Crippen LogP contribution in [0.4, 0.5) is 5.69 Å². The van der Waals surface area contributed by atoms with Gasteiger partial charge in [0.15, 0.2) is 5.16 Å². The summed E-state index contributed by atoms with van der Waals surface area (Å²) in [5.41, 5.74) is 4.60. The molecule has 1 aliphatic carbocycles. The summed E-state index contributed by atoms with van der Waals surface area (Å²) in [5, 5.41) is 0.938. The van der Waals surface area contributed by atoms with Gasteiger partial charge in [0.1, 0.15) is 0 Å². The Balaban J connectivity index is 1.39. The van der Waals surface area contributed by atoms with Crippen LogP contribution >= 0.6 is 11.8 Å². The molecule has 0 unspecified atom stereocenters. The van der Waals surface area contributed by atoms with Crippen molar-refractivity contribution in [3.8, 4) is 11.3 Å². The van der Waals surface area contributed by atoms with E-state index in [-0.39, 0.29) is 5.91 Å². The molecule has 0 saturated heterocycles. The molecule has 5 nitrogen and oxygen atoms in total. The van der Waals surface area contributed by atoms with Gasteiger partial charge in [-0.3, -0.25) is 4.79 Å². The van der Waals surface area contributed by atoms with Crippen LogP contribution < -0.4 is 4.90 Å². The number of carbonyl (C=O) groups excluding carboxylic acids is 1. The first-order valence-electron chi connectivity index (χ1n) is 10.3. The zero-order valence-electron chi connectivity index (χ0n) is 17.8. The average Bonchev–Trinajstić information content (AvgIpc) is 3.51. The average molecular weight is 421 g/mol. The van der Waals surface area contributed by atoms with Crippen molar-refractivity contribution >= 4 is 23.4 Å². The molecule has 4 rings (SSSR count). The number of thioether (sulfide) groups is 1. The summed E-state index contributed by atoms with van der Waals surface area (Å²) < 4.78 is 2.31. The van der Waals surface area contributed by atoms with Gasteiger partial charge in [0.05, 0.1) is 17.6 Å². The minimum absolute atomic E-state index is 0.114. The van der Waals surface area contributed by atoms with E-state index >= 15 is 0 Å². The van der Waals surface area contributed by atoms with Crippen LogP contribution in [0.3, 0.4) is 0 Å². The predicted molar refractivity (Wildman–Crippen MR) is 124 cm³/mol. The minimum atomic E-state index is 0.114. The van der Waals surface area contributed by atoms with Crippen molar-refractivity contribution in [3.63, 3.8) is 0 Å². The normalized spacial score (nSPS) is 13.3. The molecule has 0 atom stereocenters. The Morgan fingerprint density at radius 2 is 1.77 bits per heavy atom. The van der Waals surface area contributed by atoms with Gasteiger partial charge in [0.25, 0.3) is 0 Å². The van der Waals surface area contributed by atoms with E-state index < -0.39 is 0 Å². The Hall–Kier alpha value is -2.73. The van der Waals surface area contributed by atoms with Crippen molar-refractivity contribution in [2.24, 2.45) is 0 Å². The first-order valence-corrected chi connectivity index (χ1v) is 11.3. The van der Waals surface area contributed by atoms with Crippen LogP contribution in [0, 0.1) is 0 Å². The molecule has 0 spiro atoms. The second kappa shape index (κ2) is 8.96. The number of imidazole rings is 1. The molecular weight excluding hydrogens is 392 g/mol. The van der Waals surface area contributed by atoms with Crippen LogP contribution in [0.5, 0.6) is 0 Å². The molecule has 156 valence electrons. The number of hydrogen-bond donors (Lipinski definition) is 0. The maximum Gasteiger partial charge on any atom is 0.233 e. The molecule has 1 fully saturated rings. The SMILES string of the molecule is CN(Cc1ccc(N(C)C)cc1)C(=O)CSc1ncc(-c2ccccc2)n1C1CC1. The molecular formula is C24H28N4OS. The Morgan fingerprint density at radius 3 is 2.40 bits per heavy atom. The largest absolute Gasteiger partial charge is 0.378 e. The second-order valence-corrected chi connectivity index (χ2v) is 8.94. The topological polar surface area (TPSA) is 41.4 Å². The van der Waals surface area contributed by atoms with Gasteiger partial charge < -0.3 is 14.4 Å². The van der Waals surface area contributed by atoms with Gasteiger partial charge in [-0.2, -0.15) is 0 Å². The molecule has 3 aromatic rings. The summed E-state index contributed by atoms with van der Waals surface area (Å²) in [7, 11) is 5.92. The summed E-state index contributed by atoms with van der Waals surface area (Å²) >= 11 is 1.54. The molecule has 0 N–H and O–H groups in total. The molecule has 6 heteroatoms. The summed E-state index contributed by atoms with van der Waals surface area (Å²) in [5.74, 6) is 0.507. The van der Waals surface area contributed by atoms with Gasteiger partial charge in [0, 0.05) is 39.4 Å². The van der Waals surface area contributed by atoms with E-state index in [1.807, 2.05) is 33.4 Å². The number of anilines is 1. The lowest BCUT2D eigenvalue weighted by molar-refractivity contribution is -0.127. The van der Waals surface area contributed by atoms with Crippen molar-refractivity contribution in [2.45, 2.75) is 30.6 Å². The van der Waals surface area contributed by atoms with Crippen LogP contribution in [0.15, 0.2) is 66.0 Å². The maximum atomic E-state index is 12.7. The molecule has 0 aliphatic heterocycles. The first kappa shape index (κ1) is 20.5. The number of carbonyl (C=O) groups is 1. The first-order chi connectivity index (χ1) is 14.5. The van der Waals surface area contributed by atoms with Crippen molar-refractivity contribution in [1.29, 1.82) is 0 Å². The molecule has 2 aromatic carbocycles. The van der Waals surface area contributed by atoms with Crippen molar-refractivity contribution < 1.29 is 4.79 Å². The Bertz CT molecular complexity index is 994. The fourth-order valence-electron chi connectivity index (χ4n) is 3.46. The van der Waals surface area contributed by atoms with Crippen LogP contribution in [-0.2, 0) is 11.3 Å². The van der Waals surface area contributed by atoms with Crippen molar-refractivity contribution in [2.75, 3.05) is 31.8 Å². The van der Waals surface area contributed by atoms with Crippen LogP contribution in [0.2, 0.25) is 0 Å². The van der Waals surface area contributed by atoms with Gasteiger partial charge >= 0.3 is 0 Å². The molecule has 1 aliphatic rings. The summed E-state index contributed by atoms with van der Waals surface area (Å²) in [6, 6.07) is 19.2. The van der Waals surface area contributed by atoms with Gasteiger partial charge in [-0.05, 0) is 36.1 Å². The summed E-state index contributed by atoms with van der Waals surface area (Å²) in [6.45, 7) is 0.611. The van der Waals surface area contributed by atoms with Crippen LogP contribution in [0.1, 0.15) is 24.4 Å². The van der Waals surface area contributed by atoms with Crippen molar-refractivity contribution in [3.05, 3.63) is 66.4 Å². The second-order valence-electron chi connectivity index (χ2n) is 7.99. The lowest BCUT2D eigenvalue weighted by Gasteiger charge is -2.18. The number of benzene rings is 2. The zero-order chi connectivity index (χ0) is 21.1. The van der Waals surface area contributed by atoms with E-state index in [2.05, 4.69) is 63.0 Å². The van der Waals surface area contributed by atoms with E-state index in [9.17, 15) is 4.79 Å². The monoisotopic (exact) mass is 420 g/mol. The highest BCUT2D eigenvalue weighted by Gasteiger charge is 2.29. The number of nitrogens with zero attached hydrogens (tertiary/aromatic N) is 4. The summed E-state index contributed by atoms with van der Waals surface area (Å²) in [6.07, 6.45) is 4.30. The molecule has 1 saturated carbocycles. The van der Waals surface area contributed by atoms with Crippen molar-refractivity contribution in [1.82, 2.24) is 14.5 Å². The number of rotatable bonds is 8. The third-order valence-electron chi connectivity index (χ3n) is 5.37. The highest BCUT2D eigenvalue weighted by atomic mass is 32.2.